The molecule has 1 aliphatic heterocycles. The summed E-state index contributed by atoms with van der Waals surface area (Å²) in [6.45, 7) is 5.88. The van der Waals surface area contributed by atoms with E-state index in [1.54, 1.807) is 12.4 Å². The van der Waals surface area contributed by atoms with Crippen molar-refractivity contribution in [1.82, 2.24) is 29.6 Å². The number of hydrogen-bond acceptors (Lipinski definition) is 7. The topological polar surface area (TPSA) is 103 Å². The van der Waals surface area contributed by atoms with Crippen molar-refractivity contribution in [3.8, 4) is 11.4 Å². The number of nitrogens with zero attached hydrogens (tertiary/aromatic N) is 6. The number of thiazole rings is 1. The Balaban J connectivity index is 0.00000240. The lowest BCUT2D eigenvalue weighted by Crippen LogP contribution is -2.34. The van der Waals surface area contributed by atoms with E-state index in [2.05, 4.69) is 33.9 Å². The summed E-state index contributed by atoms with van der Waals surface area (Å²) in [7, 11) is 0. The van der Waals surface area contributed by atoms with Crippen molar-refractivity contribution in [3.63, 3.8) is 0 Å². The molecular formula is C19H24ClN7OS. The quantitative estimate of drug-likeness (QED) is 0.678. The van der Waals surface area contributed by atoms with Crippen LogP contribution >= 0.6 is 23.7 Å². The van der Waals surface area contributed by atoms with Gasteiger partial charge in [0.1, 0.15) is 16.5 Å². The predicted molar refractivity (Wildman–Crippen MR) is 114 cm³/mol. The van der Waals surface area contributed by atoms with Crippen LogP contribution in [0, 0.1) is 5.92 Å². The zero-order valence-electron chi connectivity index (χ0n) is 16.4. The molecule has 0 aromatic carbocycles. The van der Waals surface area contributed by atoms with Crippen LogP contribution in [0.4, 0.5) is 0 Å². The SMILES string of the molecule is CC(C)[C@H](N)c1nc(C(=O)N2CCc3nc(-c4cccnc4)nn3CC2)cs1.Cl. The Hall–Kier alpha value is -2.36. The molecule has 0 fully saturated rings. The first kappa shape index (κ1) is 21.4. The molecule has 0 saturated carbocycles. The highest BCUT2D eigenvalue weighted by Crippen LogP contribution is 2.23. The average molecular weight is 434 g/mol. The highest BCUT2D eigenvalue weighted by atomic mass is 35.5. The second kappa shape index (κ2) is 8.98. The van der Waals surface area contributed by atoms with Crippen molar-refractivity contribution in [3.05, 3.63) is 46.4 Å². The van der Waals surface area contributed by atoms with E-state index in [-0.39, 0.29) is 30.3 Å². The molecule has 3 aromatic rings. The number of carbonyl (C=O) groups excluding carboxylic acids is 1. The van der Waals surface area contributed by atoms with Crippen molar-refractivity contribution in [2.45, 2.75) is 32.9 Å². The van der Waals surface area contributed by atoms with Gasteiger partial charge in [0.2, 0.25) is 0 Å². The number of nitrogens with two attached hydrogens (primary N) is 1. The molecule has 1 amide bonds. The highest BCUT2D eigenvalue weighted by molar-refractivity contribution is 7.09. The molecule has 3 aromatic heterocycles. The van der Waals surface area contributed by atoms with E-state index in [0.717, 1.165) is 16.4 Å². The fraction of sp³-hybridized carbons (Fsp3) is 0.421. The average Bonchev–Trinajstić information content (AvgIpc) is 3.31. The van der Waals surface area contributed by atoms with Gasteiger partial charge < -0.3 is 10.6 Å². The molecule has 0 spiro atoms. The van der Waals surface area contributed by atoms with Gasteiger partial charge in [0.25, 0.3) is 5.91 Å². The van der Waals surface area contributed by atoms with Gasteiger partial charge in [0, 0.05) is 42.8 Å². The molecule has 10 heteroatoms. The van der Waals surface area contributed by atoms with Crippen molar-refractivity contribution in [2.75, 3.05) is 13.1 Å². The standard InChI is InChI=1S/C19H23N7OS.ClH/c1-12(2)16(20)18-22-14(11-28-18)19(27)25-7-5-15-23-17(24-26(15)9-8-25)13-4-3-6-21-10-13;/h3-4,6,10-12,16H,5,7-9,20H2,1-2H3;1H/t16-;/m0./s1. The van der Waals surface area contributed by atoms with Gasteiger partial charge in [-0.3, -0.25) is 9.78 Å². The minimum atomic E-state index is -0.143. The van der Waals surface area contributed by atoms with E-state index in [0.29, 0.717) is 37.6 Å². The van der Waals surface area contributed by atoms with Crippen molar-refractivity contribution in [1.29, 1.82) is 0 Å². The van der Waals surface area contributed by atoms with Crippen LogP contribution in [-0.2, 0) is 13.0 Å². The number of halogens is 1. The Morgan fingerprint density at radius 3 is 2.79 bits per heavy atom. The Bertz CT molecular complexity index is 947. The molecule has 0 aliphatic carbocycles. The highest BCUT2D eigenvalue weighted by Gasteiger charge is 2.25. The number of amides is 1. The number of fused-ring (bicyclic) bond motifs is 1. The van der Waals surface area contributed by atoms with E-state index in [4.69, 9.17) is 5.73 Å². The van der Waals surface area contributed by atoms with Crippen LogP contribution < -0.4 is 5.73 Å². The lowest BCUT2D eigenvalue weighted by molar-refractivity contribution is 0.0753. The van der Waals surface area contributed by atoms with E-state index in [1.807, 2.05) is 27.1 Å². The summed E-state index contributed by atoms with van der Waals surface area (Å²) in [5.41, 5.74) is 7.53. The van der Waals surface area contributed by atoms with Gasteiger partial charge in [-0.1, -0.05) is 13.8 Å². The van der Waals surface area contributed by atoms with Gasteiger partial charge in [-0.05, 0) is 18.1 Å². The zero-order chi connectivity index (χ0) is 19.7. The van der Waals surface area contributed by atoms with Crippen molar-refractivity contribution in [2.24, 2.45) is 11.7 Å². The number of hydrogen-bond donors (Lipinski definition) is 1. The fourth-order valence-corrected chi connectivity index (χ4v) is 4.07. The summed E-state index contributed by atoms with van der Waals surface area (Å²) < 4.78 is 1.89. The van der Waals surface area contributed by atoms with E-state index >= 15 is 0 Å². The third-order valence-electron chi connectivity index (χ3n) is 4.89. The van der Waals surface area contributed by atoms with Crippen LogP contribution in [0.2, 0.25) is 0 Å². The molecule has 1 aliphatic rings. The van der Waals surface area contributed by atoms with Gasteiger partial charge in [-0.2, -0.15) is 5.10 Å². The zero-order valence-corrected chi connectivity index (χ0v) is 18.0. The van der Waals surface area contributed by atoms with Gasteiger partial charge >= 0.3 is 0 Å². The maximum atomic E-state index is 12.9. The first-order chi connectivity index (χ1) is 13.5. The molecular weight excluding hydrogens is 410 g/mol. The van der Waals surface area contributed by atoms with Gasteiger partial charge in [-0.15, -0.1) is 23.7 Å². The van der Waals surface area contributed by atoms with Gasteiger partial charge in [-0.25, -0.2) is 14.6 Å². The molecule has 0 bridgehead atoms. The van der Waals surface area contributed by atoms with Crippen LogP contribution in [0.5, 0.6) is 0 Å². The number of rotatable bonds is 4. The Morgan fingerprint density at radius 1 is 1.24 bits per heavy atom. The van der Waals surface area contributed by atoms with Crippen molar-refractivity contribution < 1.29 is 4.79 Å². The molecule has 8 nitrogen and oxygen atoms in total. The second-order valence-electron chi connectivity index (χ2n) is 7.20. The van der Waals surface area contributed by atoms with E-state index in [1.165, 1.54) is 11.3 Å². The van der Waals surface area contributed by atoms with Crippen LogP contribution in [0.15, 0.2) is 29.9 Å². The monoisotopic (exact) mass is 433 g/mol. The molecule has 0 radical (unpaired) electrons. The summed E-state index contributed by atoms with van der Waals surface area (Å²) in [5.74, 6) is 1.78. The minimum absolute atomic E-state index is 0. The fourth-order valence-electron chi connectivity index (χ4n) is 3.11. The molecule has 154 valence electrons. The third-order valence-corrected chi connectivity index (χ3v) is 5.83. The largest absolute Gasteiger partial charge is 0.335 e. The van der Waals surface area contributed by atoms with Crippen molar-refractivity contribution >= 4 is 29.7 Å². The molecule has 4 heterocycles. The third kappa shape index (κ3) is 4.47. The summed E-state index contributed by atoms with van der Waals surface area (Å²) >= 11 is 1.45. The second-order valence-corrected chi connectivity index (χ2v) is 8.09. The van der Waals surface area contributed by atoms with E-state index < -0.39 is 0 Å². The lowest BCUT2D eigenvalue weighted by Gasteiger charge is -2.18. The first-order valence-electron chi connectivity index (χ1n) is 9.37. The predicted octanol–water partition coefficient (Wildman–Crippen LogP) is 2.57. The van der Waals surface area contributed by atoms with Gasteiger partial charge in [0.05, 0.1) is 12.6 Å². The van der Waals surface area contributed by atoms with Crippen LogP contribution in [0.3, 0.4) is 0 Å². The molecule has 0 saturated heterocycles. The van der Waals surface area contributed by atoms with Crippen LogP contribution in [0.25, 0.3) is 11.4 Å². The van der Waals surface area contributed by atoms with E-state index in [9.17, 15) is 4.79 Å². The Morgan fingerprint density at radius 2 is 2.07 bits per heavy atom. The summed E-state index contributed by atoms with van der Waals surface area (Å²) in [6.07, 6.45) is 4.14. The Kier molecular flexibility index (Phi) is 6.61. The molecule has 0 unspecified atom stereocenters. The molecule has 4 rings (SSSR count). The minimum Gasteiger partial charge on any atom is -0.335 e. The molecule has 1 atom stereocenters. The summed E-state index contributed by atoms with van der Waals surface area (Å²) in [6, 6.07) is 3.67. The lowest BCUT2D eigenvalue weighted by atomic mass is 10.1. The van der Waals surface area contributed by atoms with Crippen LogP contribution in [-0.4, -0.2) is 48.6 Å². The Labute approximate surface area is 179 Å². The first-order valence-corrected chi connectivity index (χ1v) is 10.3. The van der Waals surface area contributed by atoms with Crippen LogP contribution in [0.1, 0.15) is 41.2 Å². The maximum Gasteiger partial charge on any atom is 0.273 e. The summed E-state index contributed by atoms with van der Waals surface area (Å²) in [4.78, 5) is 28.0. The number of carbonyl (C=O) groups is 1. The summed E-state index contributed by atoms with van der Waals surface area (Å²) in [5, 5.41) is 7.21. The molecule has 29 heavy (non-hydrogen) atoms. The number of pyridine rings is 1. The molecule has 2 N–H and O–H groups in total. The normalized spacial score (nSPS) is 14.8. The van der Waals surface area contributed by atoms with Gasteiger partial charge in [0.15, 0.2) is 5.82 Å². The maximum absolute atomic E-state index is 12.9. The number of aromatic nitrogens is 5. The smallest absolute Gasteiger partial charge is 0.273 e.